The van der Waals surface area contributed by atoms with Crippen LogP contribution < -0.4 is 0 Å². The fourth-order valence-corrected chi connectivity index (χ4v) is 3.48. The van der Waals surface area contributed by atoms with E-state index in [1.54, 1.807) is 6.20 Å². The molecule has 0 spiro atoms. The molecule has 0 atom stereocenters. The summed E-state index contributed by atoms with van der Waals surface area (Å²) in [6.45, 7) is 5.40. The van der Waals surface area contributed by atoms with Gasteiger partial charge in [0.05, 0.1) is 12.7 Å². The van der Waals surface area contributed by atoms with E-state index in [0.717, 1.165) is 18.3 Å². The summed E-state index contributed by atoms with van der Waals surface area (Å²) in [5.74, 6) is 1.92. The van der Waals surface area contributed by atoms with E-state index >= 15 is 0 Å². The lowest BCUT2D eigenvalue weighted by Gasteiger charge is -2.31. The Kier molecular flexibility index (Phi) is 5.39. The van der Waals surface area contributed by atoms with Gasteiger partial charge in [0.2, 0.25) is 0 Å². The molecule has 1 fully saturated rings. The summed E-state index contributed by atoms with van der Waals surface area (Å²) >= 11 is 6.06. The number of piperidine rings is 1. The molecule has 1 aromatic heterocycles. The van der Waals surface area contributed by atoms with Crippen molar-refractivity contribution in [3.8, 4) is 0 Å². The number of hydrogen-bond donors (Lipinski definition) is 0. The van der Waals surface area contributed by atoms with Crippen LogP contribution in [0.1, 0.15) is 36.2 Å². The van der Waals surface area contributed by atoms with Crippen LogP contribution in [0.4, 0.5) is 0 Å². The average molecular weight is 332 g/mol. The number of aromatic nitrogens is 2. The van der Waals surface area contributed by atoms with Crippen molar-refractivity contribution in [2.24, 2.45) is 13.0 Å². The third-order valence-electron chi connectivity index (χ3n) is 5.06. The highest BCUT2D eigenvalue weighted by molar-refractivity contribution is 6.29. The Balaban J connectivity index is 1.43. The molecule has 2 aromatic rings. The van der Waals surface area contributed by atoms with E-state index in [1.807, 2.05) is 11.6 Å². The number of rotatable bonds is 5. The predicted molar refractivity (Wildman–Crippen MR) is 95.7 cm³/mol. The van der Waals surface area contributed by atoms with Gasteiger partial charge in [-0.1, -0.05) is 41.4 Å². The van der Waals surface area contributed by atoms with Gasteiger partial charge < -0.3 is 4.57 Å². The zero-order valence-electron chi connectivity index (χ0n) is 14.1. The summed E-state index contributed by atoms with van der Waals surface area (Å²) in [4.78, 5) is 6.90. The first-order valence-electron chi connectivity index (χ1n) is 8.56. The van der Waals surface area contributed by atoms with E-state index in [2.05, 4.69) is 41.1 Å². The van der Waals surface area contributed by atoms with Gasteiger partial charge in [-0.3, -0.25) is 4.90 Å². The smallest absolute Gasteiger partial charge is 0.128 e. The van der Waals surface area contributed by atoms with Crippen LogP contribution in [0.5, 0.6) is 0 Å². The molecule has 0 radical (unpaired) electrons. The Morgan fingerprint density at radius 2 is 1.87 bits per heavy atom. The van der Waals surface area contributed by atoms with Gasteiger partial charge in [0, 0.05) is 7.05 Å². The second kappa shape index (κ2) is 7.50. The van der Waals surface area contributed by atoms with Crippen LogP contribution in [0.15, 0.2) is 30.5 Å². The van der Waals surface area contributed by atoms with Crippen LogP contribution in [0.25, 0.3) is 0 Å². The quantitative estimate of drug-likeness (QED) is 0.817. The van der Waals surface area contributed by atoms with E-state index in [9.17, 15) is 0 Å². The lowest BCUT2D eigenvalue weighted by molar-refractivity contribution is 0.168. The van der Waals surface area contributed by atoms with Gasteiger partial charge in [0.25, 0.3) is 0 Å². The number of benzene rings is 1. The van der Waals surface area contributed by atoms with E-state index in [0.29, 0.717) is 5.15 Å². The first-order chi connectivity index (χ1) is 11.1. The van der Waals surface area contributed by atoms with Gasteiger partial charge in [-0.15, -0.1) is 0 Å². The number of nitrogens with zero attached hydrogens (tertiary/aromatic N) is 3. The molecule has 0 saturated carbocycles. The molecule has 124 valence electrons. The monoisotopic (exact) mass is 331 g/mol. The number of imidazole rings is 1. The molecule has 23 heavy (non-hydrogen) atoms. The molecule has 0 bridgehead atoms. The standard InChI is InChI=1S/C19H26ClN3/c1-15-3-5-16(6-4-15)7-8-17-9-11-23(12-10-17)14-19-21-13-18(20)22(19)2/h3-6,13,17H,7-12,14H2,1-2H3. The fourth-order valence-electron chi connectivity index (χ4n) is 3.33. The highest BCUT2D eigenvalue weighted by Gasteiger charge is 2.20. The van der Waals surface area contributed by atoms with Crippen molar-refractivity contribution in [1.29, 1.82) is 0 Å². The van der Waals surface area contributed by atoms with Crippen molar-refractivity contribution in [3.63, 3.8) is 0 Å². The lowest BCUT2D eigenvalue weighted by atomic mass is 9.90. The maximum absolute atomic E-state index is 6.06. The molecule has 1 aromatic carbocycles. The second-order valence-electron chi connectivity index (χ2n) is 6.80. The Morgan fingerprint density at radius 1 is 1.17 bits per heavy atom. The molecule has 4 heteroatoms. The minimum Gasteiger partial charge on any atom is -0.321 e. The first kappa shape index (κ1) is 16.5. The van der Waals surface area contributed by atoms with Gasteiger partial charge in [-0.25, -0.2) is 4.98 Å². The Morgan fingerprint density at radius 3 is 2.48 bits per heavy atom. The summed E-state index contributed by atoms with van der Waals surface area (Å²) in [6.07, 6.45) is 6.85. The number of hydrogen-bond acceptors (Lipinski definition) is 2. The van der Waals surface area contributed by atoms with E-state index < -0.39 is 0 Å². The van der Waals surface area contributed by atoms with Crippen molar-refractivity contribution in [2.45, 2.75) is 39.2 Å². The van der Waals surface area contributed by atoms with Gasteiger partial charge in [-0.2, -0.15) is 0 Å². The largest absolute Gasteiger partial charge is 0.321 e. The van der Waals surface area contributed by atoms with Crippen LogP contribution in [0.2, 0.25) is 5.15 Å². The SMILES string of the molecule is Cc1ccc(CCC2CCN(Cc3ncc(Cl)n3C)CC2)cc1. The molecule has 0 N–H and O–H groups in total. The summed E-state index contributed by atoms with van der Waals surface area (Å²) in [6, 6.07) is 8.98. The molecule has 1 aliphatic rings. The van der Waals surface area contributed by atoms with Gasteiger partial charge >= 0.3 is 0 Å². The normalized spacial score (nSPS) is 16.8. The van der Waals surface area contributed by atoms with Gasteiger partial charge in [0.15, 0.2) is 0 Å². The summed E-state index contributed by atoms with van der Waals surface area (Å²) in [7, 11) is 1.99. The molecule has 1 aliphatic heterocycles. The Bertz CT molecular complexity index is 625. The zero-order chi connectivity index (χ0) is 16.2. The molecular weight excluding hydrogens is 306 g/mol. The van der Waals surface area contributed by atoms with Crippen LogP contribution >= 0.6 is 11.6 Å². The van der Waals surface area contributed by atoms with Crippen molar-refractivity contribution < 1.29 is 0 Å². The fraction of sp³-hybridized carbons (Fsp3) is 0.526. The van der Waals surface area contributed by atoms with Gasteiger partial charge in [-0.05, 0) is 57.2 Å². The van der Waals surface area contributed by atoms with Crippen molar-refractivity contribution >= 4 is 11.6 Å². The number of halogens is 1. The molecule has 3 nitrogen and oxygen atoms in total. The molecule has 0 unspecified atom stereocenters. The zero-order valence-corrected chi connectivity index (χ0v) is 14.9. The number of likely N-dealkylation sites (tertiary alicyclic amines) is 1. The number of aryl methyl sites for hydroxylation is 2. The van der Waals surface area contributed by atoms with Crippen molar-refractivity contribution in [3.05, 3.63) is 52.6 Å². The molecule has 0 amide bonds. The third kappa shape index (κ3) is 4.36. The minimum atomic E-state index is 0.716. The topological polar surface area (TPSA) is 21.1 Å². The highest BCUT2D eigenvalue weighted by Crippen LogP contribution is 2.24. The average Bonchev–Trinajstić information content (AvgIpc) is 2.88. The van der Waals surface area contributed by atoms with E-state index in [-0.39, 0.29) is 0 Å². The van der Waals surface area contributed by atoms with Crippen LogP contribution in [0.3, 0.4) is 0 Å². The van der Waals surface area contributed by atoms with Crippen LogP contribution in [-0.4, -0.2) is 27.5 Å². The summed E-state index contributed by atoms with van der Waals surface area (Å²) in [5.41, 5.74) is 2.82. The van der Waals surface area contributed by atoms with E-state index in [4.69, 9.17) is 11.6 Å². The van der Waals surface area contributed by atoms with Gasteiger partial charge in [0.1, 0.15) is 11.0 Å². The van der Waals surface area contributed by atoms with Crippen LogP contribution in [0, 0.1) is 12.8 Å². The summed E-state index contributed by atoms with van der Waals surface area (Å²) < 4.78 is 1.98. The predicted octanol–water partition coefficient (Wildman–Crippen LogP) is 4.23. The molecule has 3 rings (SSSR count). The lowest BCUT2D eigenvalue weighted by Crippen LogP contribution is -2.34. The third-order valence-corrected chi connectivity index (χ3v) is 5.41. The first-order valence-corrected chi connectivity index (χ1v) is 8.93. The molecular formula is C19H26ClN3. The minimum absolute atomic E-state index is 0.716. The summed E-state index contributed by atoms with van der Waals surface area (Å²) in [5, 5.41) is 0.716. The molecule has 2 heterocycles. The van der Waals surface area contributed by atoms with Crippen molar-refractivity contribution in [2.75, 3.05) is 13.1 Å². The van der Waals surface area contributed by atoms with Crippen LogP contribution in [-0.2, 0) is 20.0 Å². The Labute approximate surface area is 144 Å². The highest BCUT2D eigenvalue weighted by atomic mass is 35.5. The van der Waals surface area contributed by atoms with E-state index in [1.165, 1.54) is 49.9 Å². The Hall–Kier alpha value is -1.32. The molecule has 0 aliphatic carbocycles. The maximum Gasteiger partial charge on any atom is 0.128 e. The van der Waals surface area contributed by atoms with Crippen molar-refractivity contribution in [1.82, 2.24) is 14.5 Å². The second-order valence-corrected chi connectivity index (χ2v) is 7.19. The molecule has 1 saturated heterocycles. The maximum atomic E-state index is 6.06.